The Hall–Kier alpha value is -1.24. The van der Waals surface area contributed by atoms with Gasteiger partial charge in [0, 0.05) is 33.3 Å². The Morgan fingerprint density at radius 2 is 0.971 bits per heavy atom. The lowest BCUT2D eigenvalue weighted by Crippen LogP contribution is -2.35. The summed E-state index contributed by atoms with van der Waals surface area (Å²) in [6, 6.07) is 15.3. The molecule has 0 radical (unpaired) electrons. The summed E-state index contributed by atoms with van der Waals surface area (Å²) in [5.74, 6) is 0.0318. The van der Waals surface area contributed by atoms with Crippen molar-refractivity contribution < 1.29 is 9.59 Å². The van der Waals surface area contributed by atoms with Crippen LogP contribution in [0.1, 0.15) is 48.4 Å². The number of halogens is 2. The summed E-state index contributed by atoms with van der Waals surface area (Å²) in [4.78, 5) is 28.4. The highest BCUT2D eigenvalue weighted by Gasteiger charge is 2.09. The molecule has 0 aliphatic carbocycles. The van der Waals surface area contributed by atoms with Crippen molar-refractivity contribution in [2.75, 3.05) is 52.4 Å². The van der Waals surface area contributed by atoms with E-state index in [1.54, 1.807) is 0 Å². The molecule has 2 N–H and O–H groups in total. The van der Waals surface area contributed by atoms with E-state index < -0.39 is 0 Å². The molecule has 0 unspecified atom stereocenters. The fourth-order valence-electron chi connectivity index (χ4n) is 3.22. The van der Waals surface area contributed by atoms with Crippen molar-refractivity contribution in [3.8, 4) is 0 Å². The van der Waals surface area contributed by atoms with Crippen LogP contribution < -0.4 is 10.6 Å². The van der Waals surface area contributed by atoms with Gasteiger partial charge in [0.2, 0.25) is 0 Å². The number of nitrogens with one attached hydrogen (secondary N) is 2. The molecule has 0 saturated carbocycles. The lowest BCUT2D eigenvalue weighted by molar-refractivity contribution is 0.0940. The Kier molecular flexibility index (Phi) is 16.4. The van der Waals surface area contributed by atoms with Crippen LogP contribution in [0.15, 0.2) is 48.5 Å². The van der Waals surface area contributed by atoms with Crippen LogP contribution in [0.2, 0.25) is 0 Å². The van der Waals surface area contributed by atoms with Gasteiger partial charge in [-0.2, -0.15) is 0 Å². The first-order valence-corrected chi connectivity index (χ1v) is 14.0. The molecule has 6 nitrogen and oxygen atoms in total. The second kappa shape index (κ2) is 18.1. The number of carbonyl (C=O) groups is 2. The Labute approximate surface area is 232 Å². The van der Waals surface area contributed by atoms with Gasteiger partial charge in [-0.3, -0.25) is 9.59 Å². The number of hydrogen-bond acceptors (Lipinski definition) is 4. The summed E-state index contributed by atoms with van der Waals surface area (Å²) in [6.45, 7) is 15.8. The van der Waals surface area contributed by atoms with Gasteiger partial charge in [0.1, 0.15) is 0 Å². The van der Waals surface area contributed by atoms with E-state index in [2.05, 4.69) is 93.3 Å². The Morgan fingerprint density at radius 1 is 0.647 bits per heavy atom. The first-order chi connectivity index (χ1) is 16.4. The zero-order valence-corrected chi connectivity index (χ0v) is 25.1. The summed E-state index contributed by atoms with van der Waals surface area (Å²) < 4.78 is 1.98. The molecule has 0 saturated heterocycles. The number of benzene rings is 2. The predicted octanol–water partition coefficient (Wildman–Crippen LogP) is 4.73. The molecule has 0 bridgehead atoms. The second-order valence-electron chi connectivity index (χ2n) is 7.53. The lowest BCUT2D eigenvalue weighted by atomic mass is 10.2. The molecule has 0 aliphatic heterocycles. The van der Waals surface area contributed by atoms with Gasteiger partial charge in [-0.15, -0.1) is 0 Å². The number of nitrogens with zero attached hydrogens (tertiary/aromatic N) is 2. The van der Waals surface area contributed by atoms with Gasteiger partial charge >= 0.3 is 0 Å². The molecule has 188 valence electrons. The molecule has 0 atom stereocenters. The highest BCUT2D eigenvalue weighted by atomic mass is 127. The third-order valence-electron chi connectivity index (χ3n) is 5.45. The molecule has 0 heterocycles. The van der Waals surface area contributed by atoms with E-state index in [0.29, 0.717) is 13.1 Å². The molecule has 2 amide bonds. The molecule has 2 aromatic rings. The van der Waals surface area contributed by atoms with E-state index in [1.807, 2.05) is 48.5 Å². The van der Waals surface area contributed by atoms with E-state index in [1.165, 1.54) is 0 Å². The molecule has 0 spiro atoms. The van der Waals surface area contributed by atoms with Crippen LogP contribution in [0.5, 0.6) is 0 Å². The SMILES string of the molecule is CCN(CC)CCNC(=O)c1ccccc1I.CCN(CC)CCNC(=O)c1ccccc1I. The van der Waals surface area contributed by atoms with Crippen molar-refractivity contribution in [3.05, 3.63) is 66.8 Å². The van der Waals surface area contributed by atoms with E-state index in [9.17, 15) is 9.59 Å². The maximum Gasteiger partial charge on any atom is 0.252 e. The molecule has 2 rings (SSSR count). The van der Waals surface area contributed by atoms with E-state index in [0.717, 1.165) is 57.5 Å². The van der Waals surface area contributed by atoms with E-state index in [-0.39, 0.29) is 11.8 Å². The predicted molar refractivity (Wildman–Crippen MR) is 159 cm³/mol. The quantitative estimate of drug-likeness (QED) is 0.316. The summed E-state index contributed by atoms with van der Waals surface area (Å²) in [5, 5.41) is 5.91. The number of amides is 2. The topological polar surface area (TPSA) is 64.7 Å². The molecule has 0 fully saturated rings. The van der Waals surface area contributed by atoms with Crippen LogP contribution in [0, 0.1) is 7.14 Å². The van der Waals surface area contributed by atoms with Crippen LogP contribution >= 0.6 is 45.2 Å². The highest BCUT2D eigenvalue weighted by Crippen LogP contribution is 2.11. The van der Waals surface area contributed by atoms with E-state index in [4.69, 9.17) is 0 Å². The van der Waals surface area contributed by atoms with Crippen LogP contribution in [0.25, 0.3) is 0 Å². The number of hydrogen-bond donors (Lipinski definition) is 2. The summed E-state index contributed by atoms with van der Waals surface area (Å²) in [7, 11) is 0. The molecule has 0 aromatic heterocycles. The van der Waals surface area contributed by atoms with Crippen molar-refractivity contribution in [3.63, 3.8) is 0 Å². The van der Waals surface area contributed by atoms with Crippen LogP contribution in [0.3, 0.4) is 0 Å². The molecule has 2 aromatic carbocycles. The maximum absolute atomic E-state index is 11.9. The van der Waals surface area contributed by atoms with Crippen LogP contribution in [0.4, 0.5) is 0 Å². The van der Waals surface area contributed by atoms with E-state index >= 15 is 0 Å². The zero-order chi connectivity index (χ0) is 25.3. The Bertz CT molecular complexity index is 800. The number of rotatable bonds is 12. The Balaban J connectivity index is 0.000000340. The Morgan fingerprint density at radius 3 is 1.26 bits per heavy atom. The average molecular weight is 692 g/mol. The van der Waals surface area contributed by atoms with Crippen molar-refractivity contribution in [2.24, 2.45) is 0 Å². The standard InChI is InChI=1S/2C13H19IN2O/c2*1-3-16(4-2)10-9-15-13(17)11-7-5-6-8-12(11)14/h2*5-8H,3-4,9-10H2,1-2H3,(H,15,17). The lowest BCUT2D eigenvalue weighted by Gasteiger charge is -2.18. The van der Waals surface area contributed by atoms with Gasteiger partial charge in [-0.25, -0.2) is 0 Å². The van der Waals surface area contributed by atoms with Crippen molar-refractivity contribution in [1.29, 1.82) is 0 Å². The van der Waals surface area contributed by atoms with Gasteiger partial charge in [0.05, 0.1) is 11.1 Å². The fraction of sp³-hybridized carbons (Fsp3) is 0.462. The highest BCUT2D eigenvalue weighted by molar-refractivity contribution is 14.1. The van der Waals surface area contributed by atoms with Crippen molar-refractivity contribution >= 4 is 57.0 Å². The molecular formula is C26H38I2N4O2. The van der Waals surface area contributed by atoms with Gasteiger partial charge < -0.3 is 20.4 Å². The fourth-order valence-corrected chi connectivity index (χ4v) is 4.48. The number of likely N-dealkylation sites (N-methyl/N-ethyl adjacent to an activating group) is 2. The zero-order valence-electron chi connectivity index (χ0n) is 20.7. The summed E-state index contributed by atoms with van der Waals surface area (Å²) in [5.41, 5.74) is 1.51. The van der Waals surface area contributed by atoms with Gasteiger partial charge in [-0.05, 0) is 95.6 Å². The van der Waals surface area contributed by atoms with Crippen molar-refractivity contribution in [1.82, 2.24) is 20.4 Å². The molecule has 34 heavy (non-hydrogen) atoms. The summed E-state index contributed by atoms with van der Waals surface area (Å²) in [6.07, 6.45) is 0. The average Bonchev–Trinajstić information content (AvgIpc) is 2.85. The smallest absolute Gasteiger partial charge is 0.252 e. The van der Waals surface area contributed by atoms with Crippen LogP contribution in [-0.2, 0) is 0 Å². The third kappa shape index (κ3) is 11.5. The van der Waals surface area contributed by atoms with Gasteiger partial charge in [-0.1, -0.05) is 52.0 Å². The first kappa shape index (κ1) is 30.8. The minimum absolute atomic E-state index is 0.0159. The van der Waals surface area contributed by atoms with Gasteiger partial charge in [0.15, 0.2) is 0 Å². The second-order valence-corrected chi connectivity index (χ2v) is 9.85. The number of carbonyl (C=O) groups excluding carboxylic acids is 2. The molecular weight excluding hydrogens is 654 g/mol. The third-order valence-corrected chi connectivity index (χ3v) is 7.33. The first-order valence-electron chi connectivity index (χ1n) is 11.9. The maximum atomic E-state index is 11.9. The van der Waals surface area contributed by atoms with Gasteiger partial charge in [0.25, 0.3) is 11.8 Å². The largest absolute Gasteiger partial charge is 0.351 e. The summed E-state index contributed by atoms with van der Waals surface area (Å²) >= 11 is 4.37. The minimum atomic E-state index is 0.0159. The minimum Gasteiger partial charge on any atom is -0.351 e. The van der Waals surface area contributed by atoms with Crippen LogP contribution in [-0.4, -0.2) is 74.0 Å². The normalized spacial score (nSPS) is 10.6. The molecule has 8 heteroatoms. The molecule has 0 aliphatic rings. The van der Waals surface area contributed by atoms with Crippen molar-refractivity contribution in [2.45, 2.75) is 27.7 Å². The monoisotopic (exact) mass is 692 g/mol.